The molecule has 44 heavy (non-hydrogen) atoms. The van der Waals surface area contributed by atoms with Gasteiger partial charge >= 0.3 is 6.09 Å². The van der Waals surface area contributed by atoms with Crippen molar-refractivity contribution in [2.75, 3.05) is 6.61 Å². The summed E-state index contributed by atoms with van der Waals surface area (Å²) in [4.78, 5) is 20.4. The van der Waals surface area contributed by atoms with E-state index < -0.39 is 11.7 Å². The van der Waals surface area contributed by atoms with Crippen LogP contribution in [0.5, 0.6) is 17.2 Å². The van der Waals surface area contributed by atoms with Crippen molar-refractivity contribution in [2.24, 2.45) is 5.92 Å². The van der Waals surface area contributed by atoms with Gasteiger partial charge in [-0.25, -0.2) is 4.79 Å². The number of halogens is 1. The minimum Gasteiger partial charge on any atom is -0.491 e. The Labute approximate surface area is 263 Å². The average Bonchev–Trinajstić information content (AvgIpc) is 2.98. The molecule has 2 aromatic carbocycles. The molecule has 0 unspecified atom stereocenters. The van der Waals surface area contributed by atoms with Crippen molar-refractivity contribution in [3.63, 3.8) is 0 Å². The Kier molecular flexibility index (Phi) is 9.59. The fourth-order valence-electron chi connectivity index (χ4n) is 5.10. The third kappa shape index (κ3) is 7.99. The van der Waals surface area contributed by atoms with Crippen LogP contribution in [0.15, 0.2) is 73.3 Å². The first-order chi connectivity index (χ1) is 21.1. The molecule has 4 aromatic rings. The number of ether oxygens (including phenoxy) is 4. The second-order valence-corrected chi connectivity index (χ2v) is 12.7. The van der Waals surface area contributed by atoms with Crippen LogP contribution < -0.4 is 19.5 Å². The zero-order valence-corrected chi connectivity index (χ0v) is 26.5. The Morgan fingerprint density at radius 3 is 2.07 bits per heavy atom. The fourth-order valence-corrected chi connectivity index (χ4v) is 5.26. The lowest BCUT2D eigenvalue weighted by Crippen LogP contribution is -2.42. The molecular formula is C35H38ClN3O5. The molecule has 0 fully saturated rings. The summed E-state index contributed by atoms with van der Waals surface area (Å²) in [6.45, 7) is 11.2. The molecule has 1 amide bonds. The first kappa shape index (κ1) is 31.1. The molecule has 0 aliphatic carbocycles. The number of rotatable bonds is 6. The van der Waals surface area contributed by atoms with Gasteiger partial charge in [0.05, 0.1) is 6.04 Å². The molecule has 0 saturated heterocycles. The number of fused-ring (bicyclic) bond motifs is 6. The number of pyridine rings is 2. The van der Waals surface area contributed by atoms with Crippen molar-refractivity contribution < 1.29 is 23.7 Å². The molecule has 1 N–H and O–H groups in total. The van der Waals surface area contributed by atoms with Gasteiger partial charge in [0.15, 0.2) is 0 Å². The molecule has 0 spiro atoms. The van der Waals surface area contributed by atoms with Crippen molar-refractivity contribution in [1.82, 2.24) is 15.3 Å². The molecule has 1 atom stereocenters. The van der Waals surface area contributed by atoms with E-state index in [1.165, 1.54) is 5.56 Å². The third-order valence-electron chi connectivity index (χ3n) is 6.98. The summed E-state index contributed by atoms with van der Waals surface area (Å²) in [6.07, 6.45) is 7.63. The third-order valence-corrected chi connectivity index (χ3v) is 7.21. The van der Waals surface area contributed by atoms with Crippen molar-refractivity contribution in [1.29, 1.82) is 0 Å². The Morgan fingerprint density at radius 1 is 0.886 bits per heavy atom. The first-order valence-corrected chi connectivity index (χ1v) is 15.1. The molecule has 230 valence electrons. The SMILES string of the molecule is CC(C)C[C@@H](COc1ccc2c(c1)OCc1cnccc1-2)NC(=O)OC(C)(C)C.Clc1ccc2c(c1)OCc1cnccc1-2. The lowest BCUT2D eigenvalue weighted by Gasteiger charge is -2.25. The quantitative estimate of drug-likeness (QED) is 0.233. The van der Waals surface area contributed by atoms with Crippen LogP contribution >= 0.6 is 11.6 Å². The number of nitrogens with zero attached hydrogens (tertiary/aromatic N) is 2. The van der Waals surface area contributed by atoms with Crippen LogP contribution in [0, 0.1) is 5.92 Å². The summed E-state index contributed by atoms with van der Waals surface area (Å²) in [7, 11) is 0. The highest BCUT2D eigenvalue weighted by Crippen LogP contribution is 2.40. The predicted octanol–water partition coefficient (Wildman–Crippen LogP) is 8.25. The van der Waals surface area contributed by atoms with Crippen LogP contribution in [0.3, 0.4) is 0 Å². The van der Waals surface area contributed by atoms with Gasteiger partial charge in [0.2, 0.25) is 0 Å². The van der Waals surface area contributed by atoms with Crippen LogP contribution in [0.25, 0.3) is 22.3 Å². The van der Waals surface area contributed by atoms with E-state index in [1.807, 2.05) is 81.7 Å². The van der Waals surface area contributed by atoms with E-state index in [-0.39, 0.29) is 6.04 Å². The number of hydrogen-bond donors (Lipinski definition) is 1. The largest absolute Gasteiger partial charge is 0.491 e. The molecule has 9 heteroatoms. The van der Waals surface area contributed by atoms with E-state index in [2.05, 4.69) is 29.1 Å². The molecule has 6 rings (SSSR count). The summed E-state index contributed by atoms with van der Waals surface area (Å²) in [5.74, 6) is 2.76. The minimum absolute atomic E-state index is 0.145. The number of nitrogens with one attached hydrogen (secondary N) is 1. The Balaban J connectivity index is 0.000000212. The van der Waals surface area contributed by atoms with Crippen LogP contribution in [-0.4, -0.2) is 34.3 Å². The number of benzene rings is 2. The highest BCUT2D eigenvalue weighted by molar-refractivity contribution is 6.30. The topological polar surface area (TPSA) is 91.8 Å². The number of alkyl carbamates (subject to hydrolysis) is 1. The molecule has 4 heterocycles. The molecule has 2 aliphatic rings. The maximum Gasteiger partial charge on any atom is 0.407 e. The van der Waals surface area contributed by atoms with Crippen LogP contribution in [0.2, 0.25) is 5.02 Å². The number of hydrogen-bond acceptors (Lipinski definition) is 7. The van der Waals surface area contributed by atoms with E-state index in [1.54, 1.807) is 12.4 Å². The van der Waals surface area contributed by atoms with Crippen LogP contribution in [0.1, 0.15) is 52.2 Å². The Hall–Kier alpha value is -4.30. The Bertz CT molecular complexity index is 1620. The molecular weight excluding hydrogens is 578 g/mol. The minimum atomic E-state index is -0.533. The van der Waals surface area contributed by atoms with E-state index in [0.717, 1.165) is 45.7 Å². The van der Waals surface area contributed by atoms with Crippen molar-refractivity contribution in [2.45, 2.75) is 65.9 Å². The van der Waals surface area contributed by atoms with Gasteiger partial charge in [0, 0.05) is 58.1 Å². The maximum absolute atomic E-state index is 12.2. The molecule has 0 bridgehead atoms. The van der Waals surface area contributed by atoms with Crippen molar-refractivity contribution in [3.8, 4) is 39.5 Å². The van der Waals surface area contributed by atoms with Gasteiger partial charge in [-0.15, -0.1) is 0 Å². The second kappa shape index (κ2) is 13.6. The van der Waals surface area contributed by atoms with Crippen molar-refractivity contribution in [3.05, 3.63) is 89.5 Å². The van der Waals surface area contributed by atoms with Gasteiger partial charge < -0.3 is 24.3 Å². The van der Waals surface area contributed by atoms with Crippen LogP contribution in [-0.2, 0) is 18.0 Å². The van der Waals surface area contributed by atoms with E-state index >= 15 is 0 Å². The smallest absolute Gasteiger partial charge is 0.407 e. The van der Waals surface area contributed by atoms with Gasteiger partial charge in [-0.2, -0.15) is 0 Å². The maximum atomic E-state index is 12.2. The first-order valence-electron chi connectivity index (χ1n) is 14.7. The predicted molar refractivity (Wildman–Crippen MR) is 171 cm³/mol. The summed E-state index contributed by atoms with van der Waals surface area (Å²) in [5, 5.41) is 3.63. The number of carbonyl (C=O) groups is 1. The molecule has 0 radical (unpaired) electrons. The Morgan fingerprint density at radius 2 is 1.48 bits per heavy atom. The summed E-state index contributed by atoms with van der Waals surface area (Å²) < 4.78 is 22.8. The summed E-state index contributed by atoms with van der Waals surface area (Å²) >= 11 is 5.91. The van der Waals surface area contributed by atoms with E-state index in [0.29, 0.717) is 36.5 Å². The molecule has 2 aromatic heterocycles. The molecule has 0 saturated carbocycles. The normalized spacial score (nSPS) is 13.3. The molecule has 2 aliphatic heterocycles. The summed E-state index contributed by atoms with van der Waals surface area (Å²) in [5.41, 5.74) is 6.10. The van der Waals surface area contributed by atoms with Crippen LogP contribution in [0.4, 0.5) is 4.79 Å². The fraction of sp³-hybridized carbons (Fsp3) is 0.343. The van der Waals surface area contributed by atoms with Crippen molar-refractivity contribution >= 4 is 17.7 Å². The number of carbonyl (C=O) groups excluding carboxylic acids is 1. The second-order valence-electron chi connectivity index (χ2n) is 12.2. The van der Waals surface area contributed by atoms with Gasteiger partial charge in [0.25, 0.3) is 0 Å². The zero-order valence-electron chi connectivity index (χ0n) is 25.7. The van der Waals surface area contributed by atoms with E-state index in [9.17, 15) is 4.79 Å². The van der Waals surface area contributed by atoms with Gasteiger partial charge in [-0.3, -0.25) is 9.97 Å². The average molecular weight is 616 g/mol. The lowest BCUT2D eigenvalue weighted by atomic mass is 9.99. The molecule has 8 nitrogen and oxygen atoms in total. The highest BCUT2D eigenvalue weighted by atomic mass is 35.5. The van der Waals surface area contributed by atoms with Gasteiger partial charge in [0.1, 0.15) is 42.7 Å². The lowest BCUT2D eigenvalue weighted by molar-refractivity contribution is 0.0480. The zero-order chi connectivity index (χ0) is 31.3. The monoisotopic (exact) mass is 615 g/mol. The summed E-state index contributed by atoms with van der Waals surface area (Å²) in [6, 6.07) is 15.4. The van der Waals surface area contributed by atoms with E-state index in [4.69, 9.17) is 30.5 Å². The highest BCUT2D eigenvalue weighted by Gasteiger charge is 2.22. The number of amides is 1. The van der Waals surface area contributed by atoms with Gasteiger partial charge in [-0.05, 0) is 86.7 Å². The number of aromatic nitrogens is 2. The standard InChI is InChI=1S/C23H30N2O4.C12H8ClNO/c1-15(2)10-17(25-22(26)29-23(3,4)5)14-27-18-6-7-20-19-8-9-24-12-16(19)13-28-21(20)11-18;13-9-1-2-11-10-3-4-14-6-8(10)7-15-12(11)5-9/h6-9,11-12,15,17H,10,13-14H2,1-5H3,(H,25,26);1-6H,7H2/t17-;/m0./s1. The van der Waals surface area contributed by atoms with Gasteiger partial charge in [-0.1, -0.05) is 25.4 Å².